The zero-order chi connectivity index (χ0) is 24.7. The maximum Gasteiger partial charge on any atom is 0.319 e. The average Bonchev–Trinajstić information content (AvgIpc) is 3.15. The van der Waals surface area contributed by atoms with Gasteiger partial charge in [0.15, 0.2) is 11.5 Å². The van der Waals surface area contributed by atoms with Crippen LogP contribution >= 0.6 is 0 Å². The maximum atomic E-state index is 13.7. The number of nitrogens with zero attached hydrogens (tertiary/aromatic N) is 1. The van der Waals surface area contributed by atoms with E-state index in [0.717, 1.165) is 11.1 Å². The van der Waals surface area contributed by atoms with E-state index in [1.807, 2.05) is 60.7 Å². The van der Waals surface area contributed by atoms with Crippen LogP contribution in [0.3, 0.4) is 0 Å². The fourth-order valence-electron chi connectivity index (χ4n) is 4.22. The number of rotatable bonds is 9. The molecule has 1 saturated heterocycles. The molecule has 1 heterocycles. The summed E-state index contributed by atoms with van der Waals surface area (Å²) in [4.78, 5) is 27.3. The predicted molar refractivity (Wildman–Crippen MR) is 135 cm³/mol. The lowest BCUT2D eigenvalue weighted by atomic mass is 9.82. The van der Waals surface area contributed by atoms with Gasteiger partial charge < -0.3 is 20.7 Å². The molecule has 0 aliphatic carbocycles. The van der Waals surface area contributed by atoms with Crippen LogP contribution in [0, 0.1) is 5.41 Å². The summed E-state index contributed by atoms with van der Waals surface area (Å²) < 4.78 is 5.16. The standard InChI is InChI=1S/C27H29N5O3/c1-35-23-16-10-15-22(19-23)30-26(34)29-17-8-9-18-32-24(33)27(31-25(32)28,20-11-4-2-5-12-20)21-13-6-3-7-14-21/h2-7,10-16,19H,8-9,17-18H2,1H3,(H2,28,31)(H2,29,30,34). The number of carbonyl (C=O) groups is 2. The summed E-state index contributed by atoms with van der Waals surface area (Å²) in [7, 11) is 1.57. The van der Waals surface area contributed by atoms with E-state index >= 15 is 0 Å². The molecule has 180 valence electrons. The molecule has 0 atom stereocenters. The SMILES string of the molecule is COc1cccc(NC(=O)NCCCCN2C(=N)NC(c3ccccc3)(c3ccccc3)C2=O)c1. The smallest absolute Gasteiger partial charge is 0.319 e. The van der Waals surface area contributed by atoms with Crippen molar-refractivity contribution in [3.63, 3.8) is 0 Å². The molecule has 0 radical (unpaired) electrons. The summed E-state index contributed by atoms with van der Waals surface area (Å²) in [5.41, 5.74) is 1.09. The second-order valence-electron chi connectivity index (χ2n) is 8.23. The highest BCUT2D eigenvalue weighted by atomic mass is 16.5. The lowest BCUT2D eigenvalue weighted by Gasteiger charge is -2.28. The molecule has 35 heavy (non-hydrogen) atoms. The first-order valence-electron chi connectivity index (χ1n) is 11.5. The number of urea groups is 1. The van der Waals surface area contributed by atoms with Gasteiger partial charge in [-0.05, 0) is 36.1 Å². The van der Waals surface area contributed by atoms with Gasteiger partial charge in [0.2, 0.25) is 0 Å². The second-order valence-corrected chi connectivity index (χ2v) is 8.23. The highest BCUT2D eigenvalue weighted by Gasteiger charge is 2.51. The summed E-state index contributed by atoms with van der Waals surface area (Å²) in [6.07, 6.45) is 1.29. The Morgan fingerprint density at radius 2 is 1.63 bits per heavy atom. The number of anilines is 1. The van der Waals surface area contributed by atoms with Crippen LogP contribution in [0.25, 0.3) is 0 Å². The number of methoxy groups -OCH3 is 1. The van der Waals surface area contributed by atoms with Gasteiger partial charge in [-0.1, -0.05) is 66.7 Å². The molecule has 1 aliphatic heterocycles. The minimum absolute atomic E-state index is 0.0754. The lowest BCUT2D eigenvalue weighted by molar-refractivity contribution is -0.130. The van der Waals surface area contributed by atoms with Crippen molar-refractivity contribution in [2.24, 2.45) is 0 Å². The van der Waals surface area contributed by atoms with Gasteiger partial charge in [0.1, 0.15) is 5.75 Å². The Morgan fingerprint density at radius 3 is 2.26 bits per heavy atom. The van der Waals surface area contributed by atoms with Gasteiger partial charge in [-0.25, -0.2) is 4.79 Å². The van der Waals surface area contributed by atoms with Crippen LogP contribution in [0.1, 0.15) is 24.0 Å². The third-order valence-electron chi connectivity index (χ3n) is 5.98. The lowest BCUT2D eigenvalue weighted by Crippen LogP contribution is -2.45. The molecule has 8 nitrogen and oxygen atoms in total. The highest BCUT2D eigenvalue weighted by molar-refractivity contribution is 6.10. The van der Waals surface area contributed by atoms with E-state index < -0.39 is 5.54 Å². The first kappa shape index (κ1) is 23.8. The van der Waals surface area contributed by atoms with Crippen molar-refractivity contribution in [1.82, 2.24) is 15.5 Å². The number of benzene rings is 3. The van der Waals surface area contributed by atoms with Gasteiger partial charge in [0.05, 0.1) is 7.11 Å². The first-order chi connectivity index (χ1) is 17.0. The quantitative estimate of drug-likeness (QED) is 0.355. The van der Waals surface area contributed by atoms with Gasteiger partial charge in [-0.15, -0.1) is 0 Å². The van der Waals surface area contributed by atoms with Crippen molar-refractivity contribution in [2.45, 2.75) is 18.4 Å². The van der Waals surface area contributed by atoms with Crippen LogP contribution in [0.2, 0.25) is 0 Å². The molecule has 1 fully saturated rings. The molecular formula is C27H29N5O3. The zero-order valence-corrected chi connectivity index (χ0v) is 19.6. The van der Waals surface area contributed by atoms with Gasteiger partial charge >= 0.3 is 6.03 Å². The van der Waals surface area contributed by atoms with Gasteiger partial charge in [0, 0.05) is 24.8 Å². The Balaban J connectivity index is 1.34. The molecule has 0 aromatic heterocycles. The molecule has 0 spiro atoms. The average molecular weight is 472 g/mol. The van der Waals surface area contributed by atoms with E-state index in [1.165, 1.54) is 4.90 Å². The number of guanidine groups is 1. The Kier molecular flexibility index (Phi) is 7.30. The van der Waals surface area contributed by atoms with E-state index in [0.29, 0.717) is 37.4 Å². The molecular weight excluding hydrogens is 442 g/mol. The van der Waals surface area contributed by atoms with Crippen LogP contribution in [-0.2, 0) is 10.3 Å². The van der Waals surface area contributed by atoms with E-state index in [4.69, 9.17) is 10.1 Å². The summed E-state index contributed by atoms with van der Waals surface area (Å²) in [5, 5.41) is 17.3. The Morgan fingerprint density at radius 1 is 0.971 bits per heavy atom. The predicted octanol–water partition coefficient (Wildman–Crippen LogP) is 3.91. The normalized spacial score (nSPS) is 14.4. The fourth-order valence-corrected chi connectivity index (χ4v) is 4.22. The highest BCUT2D eigenvalue weighted by Crippen LogP contribution is 2.35. The van der Waals surface area contributed by atoms with Crippen molar-refractivity contribution in [2.75, 3.05) is 25.5 Å². The molecule has 0 unspecified atom stereocenters. The number of nitrogens with one attached hydrogen (secondary N) is 4. The number of carbonyl (C=O) groups excluding carboxylic acids is 2. The molecule has 3 aromatic rings. The molecule has 0 saturated carbocycles. The van der Waals surface area contributed by atoms with Crippen LogP contribution in [-0.4, -0.2) is 43.0 Å². The number of unbranched alkanes of at least 4 members (excludes halogenated alkanes) is 1. The molecule has 1 aliphatic rings. The summed E-state index contributed by atoms with van der Waals surface area (Å²) in [6.45, 7) is 0.826. The Hall–Kier alpha value is -4.33. The topological polar surface area (TPSA) is 107 Å². The van der Waals surface area contributed by atoms with E-state index in [2.05, 4.69) is 16.0 Å². The van der Waals surface area contributed by atoms with Crippen molar-refractivity contribution >= 4 is 23.6 Å². The van der Waals surface area contributed by atoms with Crippen LogP contribution in [0.5, 0.6) is 5.75 Å². The summed E-state index contributed by atoms with van der Waals surface area (Å²) in [6, 6.07) is 25.8. The van der Waals surface area contributed by atoms with Crippen LogP contribution in [0.15, 0.2) is 84.9 Å². The van der Waals surface area contributed by atoms with Crippen molar-refractivity contribution in [1.29, 1.82) is 5.41 Å². The molecule has 4 N–H and O–H groups in total. The van der Waals surface area contributed by atoms with E-state index in [1.54, 1.807) is 31.4 Å². The van der Waals surface area contributed by atoms with E-state index in [9.17, 15) is 9.59 Å². The van der Waals surface area contributed by atoms with Gasteiger partial charge in [-0.3, -0.25) is 15.1 Å². The van der Waals surface area contributed by atoms with E-state index in [-0.39, 0.29) is 17.9 Å². The Bertz CT molecular complexity index is 1140. The fraction of sp³-hybridized carbons (Fsp3) is 0.222. The zero-order valence-electron chi connectivity index (χ0n) is 19.6. The summed E-state index contributed by atoms with van der Waals surface area (Å²) >= 11 is 0. The maximum absolute atomic E-state index is 13.7. The molecule has 8 heteroatoms. The van der Waals surface area contributed by atoms with Crippen molar-refractivity contribution < 1.29 is 14.3 Å². The monoisotopic (exact) mass is 471 g/mol. The third kappa shape index (κ3) is 5.11. The minimum Gasteiger partial charge on any atom is -0.497 e. The third-order valence-corrected chi connectivity index (χ3v) is 5.98. The number of hydrogen-bond acceptors (Lipinski definition) is 4. The minimum atomic E-state index is -1.13. The van der Waals surface area contributed by atoms with Crippen LogP contribution in [0.4, 0.5) is 10.5 Å². The largest absolute Gasteiger partial charge is 0.497 e. The van der Waals surface area contributed by atoms with Crippen molar-refractivity contribution in [3.8, 4) is 5.75 Å². The number of amides is 3. The molecule has 4 rings (SSSR count). The Labute approximate surface area is 204 Å². The molecule has 0 bridgehead atoms. The first-order valence-corrected chi connectivity index (χ1v) is 11.5. The van der Waals surface area contributed by atoms with Crippen LogP contribution < -0.4 is 20.7 Å². The van der Waals surface area contributed by atoms with Gasteiger partial charge in [-0.2, -0.15) is 0 Å². The second kappa shape index (κ2) is 10.7. The summed E-state index contributed by atoms with van der Waals surface area (Å²) in [5.74, 6) is 0.561. The number of ether oxygens (including phenoxy) is 1. The molecule has 3 amide bonds. The van der Waals surface area contributed by atoms with Crippen molar-refractivity contribution in [3.05, 3.63) is 96.1 Å². The van der Waals surface area contributed by atoms with Gasteiger partial charge in [0.25, 0.3) is 5.91 Å². The molecule has 3 aromatic carbocycles. The number of hydrogen-bond donors (Lipinski definition) is 4.